The lowest BCUT2D eigenvalue weighted by Crippen LogP contribution is -2.60. The molecule has 0 aromatic heterocycles. The number of aliphatic carboxylic acids is 1. The predicted molar refractivity (Wildman–Crippen MR) is 248 cm³/mol. The number of carbonyl (C=O) groups is 8. The van der Waals surface area contributed by atoms with Crippen LogP contribution in [-0.2, 0) is 38.4 Å². The summed E-state index contributed by atoms with van der Waals surface area (Å²) < 4.78 is 0. The molecule has 1 rings (SSSR count). The minimum Gasteiger partial charge on any atom is -0.480 e. The number of carboxylic acids is 1. The quantitative estimate of drug-likeness (QED) is 0.0566. The molecule has 0 aromatic rings. The summed E-state index contributed by atoms with van der Waals surface area (Å²) in [5.74, 6) is -5.01. The molecule has 0 bridgehead atoms. The third-order valence-electron chi connectivity index (χ3n) is 10.9. The maximum absolute atomic E-state index is 14.2. The first-order chi connectivity index (χ1) is 29.6. The monoisotopic (exact) mass is 907 g/mol. The van der Waals surface area contributed by atoms with Crippen LogP contribution in [0.15, 0.2) is 0 Å². The highest BCUT2D eigenvalue weighted by molar-refractivity contribution is 5.97. The van der Waals surface area contributed by atoms with Crippen molar-refractivity contribution in [1.29, 1.82) is 0 Å². The number of rotatable bonds is 28. The summed E-state index contributed by atoms with van der Waals surface area (Å²) >= 11 is 0. The van der Waals surface area contributed by atoms with Gasteiger partial charge < -0.3 is 47.6 Å². The van der Waals surface area contributed by atoms with E-state index in [9.17, 15) is 43.5 Å². The minimum absolute atomic E-state index is 0.00746. The maximum atomic E-state index is 14.2. The lowest BCUT2D eigenvalue weighted by molar-refractivity contribution is -0.145. The lowest BCUT2D eigenvalue weighted by atomic mass is 9.97. The van der Waals surface area contributed by atoms with Crippen LogP contribution < -0.4 is 37.6 Å². The second kappa shape index (κ2) is 27.9. The van der Waals surface area contributed by atoms with Crippen LogP contribution in [0.2, 0.25) is 0 Å². The van der Waals surface area contributed by atoms with Gasteiger partial charge >= 0.3 is 5.97 Å². The molecule has 1 saturated heterocycles. The molecule has 0 aliphatic carbocycles. The molecule has 8 unspecified atom stereocenters. The van der Waals surface area contributed by atoms with Gasteiger partial charge in [-0.3, -0.25) is 33.6 Å². The molecule has 9 N–H and O–H groups in total. The van der Waals surface area contributed by atoms with Crippen molar-refractivity contribution >= 4 is 47.3 Å². The van der Waals surface area contributed by atoms with Crippen LogP contribution in [0, 0.1) is 41.4 Å². The zero-order valence-corrected chi connectivity index (χ0v) is 41.5. The van der Waals surface area contributed by atoms with E-state index in [1.165, 1.54) is 4.90 Å². The molecule has 8 atom stereocenters. The number of carbonyl (C=O) groups excluding carboxylic acids is 7. The van der Waals surface area contributed by atoms with Crippen molar-refractivity contribution in [3.05, 3.63) is 0 Å². The first kappa shape index (κ1) is 57.7. The first-order valence-electron chi connectivity index (χ1n) is 23.7. The molecule has 1 fully saturated rings. The highest BCUT2D eigenvalue weighted by Crippen LogP contribution is 2.22. The third-order valence-corrected chi connectivity index (χ3v) is 10.9. The molecule has 0 aromatic carbocycles. The summed E-state index contributed by atoms with van der Waals surface area (Å²) in [6, 6.07) is -8.05. The van der Waals surface area contributed by atoms with E-state index < -0.39 is 95.7 Å². The van der Waals surface area contributed by atoms with Crippen LogP contribution in [0.5, 0.6) is 0 Å². The summed E-state index contributed by atoms with van der Waals surface area (Å²) in [5, 5.41) is 26.5. The van der Waals surface area contributed by atoms with Crippen molar-refractivity contribution in [3.63, 3.8) is 0 Å². The summed E-state index contributed by atoms with van der Waals surface area (Å²) in [6.45, 7) is 26.9. The van der Waals surface area contributed by atoms with Crippen LogP contribution in [0.3, 0.4) is 0 Å². The molecule has 1 heterocycles. The normalized spacial score (nSPS) is 17.5. The standard InChI is InChI=1S/C47H86N8O9/c1-25(2)18-32(48)40(56)49-33(19-26(3)4)41(57)50-34(20-27(5)6)42(58)51-35(21-28(7)8)43(59)52-36(22-29(9)10)44(60)53-37(23-30(11)12)46(62)55-17-15-16-39(55)45(61)54-38(47(63)64)24-31(13)14/h25-39H,15-24,48H2,1-14H3,(H,49,56)(H,50,57)(H,51,58)(H,52,59)(H,53,60)(H,54,61)(H,63,64). The van der Waals surface area contributed by atoms with E-state index in [2.05, 4.69) is 31.9 Å². The molecular weight excluding hydrogens is 821 g/mol. The maximum Gasteiger partial charge on any atom is 0.326 e. The van der Waals surface area contributed by atoms with Gasteiger partial charge in [0.1, 0.15) is 42.3 Å². The van der Waals surface area contributed by atoms with Gasteiger partial charge in [-0.1, -0.05) is 96.9 Å². The molecule has 0 spiro atoms. The molecule has 7 amide bonds. The number of nitrogens with zero attached hydrogens (tertiary/aromatic N) is 1. The van der Waals surface area contributed by atoms with E-state index in [4.69, 9.17) is 5.73 Å². The Kier molecular flexibility index (Phi) is 25.2. The van der Waals surface area contributed by atoms with Gasteiger partial charge in [0.25, 0.3) is 0 Å². The van der Waals surface area contributed by atoms with Gasteiger partial charge in [-0.25, -0.2) is 4.79 Å². The Hall–Kier alpha value is -4.28. The molecule has 0 radical (unpaired) electrons. The van der Waals surface area contributed by atoms with Gasteiger partial charge in [0.15, 0.2) is 0 Å². The number of amides is 7. The SMILES string of the molecule is CC(C)CC(N)C(=O)NC(CC(C)C)C(=O)NC(CC(C)C)C(=O)NC(CC(C)C)C(=O)NC(CC(C)C)C(=O)NC(CC(C)C)C(=O)N1CCCC1C(=O)NC(CC(C)C)C(=O)O. The van der Waals surface area contributed by atoms with Crippen LogP contribution in [0.25, 0.3) is 0 Å². The van der Waals surface area contributed by atoms with Gasteiger partial charge in [-0.15, -0.1) is 0 Å². The van der Waals surface area contributed by atoms with Gasteiger partial charge in [-0.05, 0) is 99.2 Å². The average molecular weight is 907 g/mol. The Morgan fingerprint density at radius 1 is 0.453 bits per heavy atom. The Morgan fingerprint density at radius 2 is 0.750 bits per heavy atom. The van der Waals surface area contributed by atoms with E-state index in [0.29, 0.717) is 25.7 Å². The largest absolute Gasteiger partial charge is 0.480 e. The van der Waals surface area contributed by atoms with Crippen molar-refractivity contribution in [2.24, 2.45) is 47.2 Å². The number of hydrogen-bond acceptors (Lipinski definition) is 9. The van der Waals surface area contributed by atoms with Gasteiger partial charge in [-0.2, -0.15) is 0 Å². The van der Waals surface area contributed by atoms with E-state index in [-0.39, 0.29) is 80.1 Å². The Labute approximate surface area is 383 Å². The van der Waals surface area contributed by atoms with Gasteiger partial charge in [0, 0.05) is 6.54 Å². The molecule has 1 aliphatic heterocycles. The number of nitrogens with two attached hydrogens (primary N) is 1. The molecular formula is C47H86N8O9. The fourth-order valence-electron chi connectivity index (χ4n) is 7.95. The van der Waals surface area contributed by atoms with Crippen LogP contribution >= 0.6 is 0 Å². The first-order valence-corrected chi connectivity index (χ1v) is 23.7. The topological polar surface area (TPSA) is 258 Å². The molecule has 17 nitrogen and oxygen atoms in total. The summed E-state index contributed by atoms with van der Waals surface area (Å²) in [6.07, 6.45) is 2.73. The smallest absolute Gasteiger partial charge is 0.326 e. The van der Waals surface area contributed by atoms with E-state index >= 15 is 0 Å². The highest BCUT2D eigenvalue weighted by Gasteiger charge is 2.40. The van der Waals surface area contributed by atoms with Crippen molar-refractivity contribution < 1.29 is 43.5 Å². The van der Waals surface area contributed by atoms with Crippen molar-refractivity contribution in [1.82, 2.24) is 36.8 Å². The zero-order valence-electron chi connectivity index (χ0n) is 41.5. The van der Waals surface area contributed by atoms with E-state index in [1.54, 1.807) is 0 Å². The summed E-state index contributed by atoms with van der Waals surface area (Å²) in [4.78, 5) is 110. The summed E-state index contributed by atoms with van der Waals surface area (Å²) in [7, 11) is 0. The Bertz CT molecular complexity index is 1550. The van der Waals surface area contributed by atoms with Crippen LogP contribution in [0.1, 0.15) is 155 Å². The van der Waals surface area contributed by atoms with Crippen molar-refractivity contribution in [2.45, 2.75) is 203 Å². The number of carboxylic acid groups (broad SMARTS) is 1. The van der Waals surface area contributed by atoms with Crippen LogP contribution in [-0.4, -0.2) is 112 Å². The number of hydrogen-bond donors (Lipinski definition) is 8. The predicted octanol–water partition coefficient (Wildman–Crippen LogP) is 3.62. The third kappa shape index (κ3) is 21.1. The second-order valence-corrected chi connectivity index (χ2v) is 20.9. The van der Waals surface area contributed by atoms with Gasteiger partial charge in [0.05, 0.1) is 6.04 Å². The number of likely N-dealkylation sites (tertiary alicyclic amines) is 1. The zero-order chi connectivity index (χ0) is 49.2. The van der Waals surface area contributed by atoms with Crippen molar-refractivity contribution in [3.8, 4) is 0 Å². The fraction of sp³-hybridized carbons (Fsp3) is 0.830. The molecule has 0 saturated carbocycles. The molecule has 64 heavy (non-hydrogen) atoms. The second-order valence-electron chi connectivity index (χ2n) is 20.9. The Balaban J connectivity index is 3.37. The Morgan fingerprint density at radius 3 is 1.08 bits per heavy atom. The minimum atomic E-state index is -1.16. The van der Waals surface area contributed by atoms with Crippen molar-refractivity contribution in [2.75, 3.05) is 6.54 Å². The van der Waals surface area contributed by atoms with Gasteiger partial charge in [0.2, 0.25) is 41.4 Å². The van der Waals surface area contributed by atoms with Crippen LogP contribution in [0.4, 0.5) is 0 Å². The summed E-state index contributed by atoms with van der Waals surface area (Å²) in [5.41, 5.74) is 6.13. The molecule has 1 aliphatic rings. The number of nitrogens with one attached hydrogen (secondary N) is 6. The van der Waals surface area contributed by atoms with E-state index in [0.717, 1.165) is 0 Å². The van der Waals surface area contributed by atoms with E-state index in [1.807, 2.05) is 96.9 Å². The molecule has 17 heteroatoms. The average Bonchev–Trinajstić information content (AvgIpc) is 3.65. The molecule has 368 valence electrons. The highest BCUT2D eigenvalue weighted by atomic mass is 16.4. The fourth-order valence-corrected chi connectivity index (χ4v) is 7.95. The lowest BCUT2D eigenvalue weighted by Gasteiger charge is -2.32.